The van der Waals surface area contributed by atoms with Crippen molar-refractivity contribution >= 4 is 16.6 Å². The first-order valence-electron chi connectivity index (χ1n) is 6.11. The van der Waals surface area contributed by atoms with Crippen molar-refractivity contribution in [1.29, 1.82) is 0 Å². The van der Waals surface area contributed by atoms with Gasteiger partial charge in [-0.1, -0.05) is 12.1 Å². The van der Waals surface area contributed by atoms with Gasteiger partial charge in [0.25, 0.3) is 5.69 Å². The molecule has 0 saturated carbocycles. The van der Waals surface area contributed by atoms with E-state index in [2.05, 4.69) is 0 Å². The van der Waals surface area contributed by atoms with E-state index in [0.717, 1.165) is 16.5 Å². The molecule has 3 aromatic rings. The van der Waals surface area contributed by atoms with Gasteiger partial charge in [0, 0.05) is 35.8 Å². The Morgan fingerprint density at radius 1 is 1.10 bits per heavy atom. The van der Waals surface area contributed by atoms with Crippen LogP contribution in [0.4, 0.5) is 10.1 Å². The lowest BCUT2D eigenvalue weighted by atomic mass is 10.2. The zero-order chi connectivity index (χ0) is 14.1. The Labute approximate surface area is 114 Å². The minimum absolute atomic E-state index is 0.0806. The molecule has 0 fully saturated rings. The van der Waals surface area contributed by atoms with E-state index in [9.17, 15) is 14.5 Å². The molecule has 0 spiro atoms. The smallest absolute Gasteiger partial charge is 0.270 e. The van der Waals surface area contributed by atoms with Crippen LogP contribution in [0, 0.1) is 15.9 Å². The molecule has 100 valence electrons. The molecule has 0 N–H and O–H groups in total. The van der Waals surface area contributed by atoms with Gasteiger partial charge in [-0.2, -0.15) is 0 Å². The van der Waals surface area contributed by atoms with Crippen LogP contribution in [0.1, 0.15) is 5.56 Å². The van der Waals surface area contributed by atoms with Crippen LogP contribution in [0.15, 0.2) is 54.7 Å². The summed E-state index contributed by atoms with van der Waals surface area (Å²) in [5.41, 5.74) is 1.97. The van der Waals surface area contributed by atoms with Gasteiger partial charge in [-0.3, -0.25) is 10.1 Å². The van der Waals surface area contributed by atoms with Gasteiger partial charge >= 0.3 is 0 Å². The van der Waals surface area contributed by atoms with Crippen LogP contribution in [0.2, 0.25) is 0 Å². The number of aromatic nitrogens is 1. The van der Waals surface area contributed by atoms with E-state index < -0.39 is 4.92 Å². The summed E-state index contributed by atoms with van der Waals surface area (Å²) in [4.78, 5) is 10.3. The average Bonchev–Trinajstić information content (AvgIpc) is 2.84. The standard InChI is InChI=1S/C15H11FN2O2/c16-13-3-1-11(2-4-13)10-17-8-7-12-9-14(18(19)20)5-6-15(12)17/h1-9H,10H2. The normalized spacial score (nSPS) is 10.8. The number of hydrogen-bond acceptors (Lipinski definition) is 2. The van der Waals surface area contributed by atoms with Gasteiger partial charge in [0.2, 0.25) is 0 Å². The fourth-order valence-electron chi connectivity index (χ4n) is 2.23. The van der Waals surface area contributed by atoms with E-state index in [1.807, 2.05) is 16.8 Å². The second-order valence-electron chi connectivity index (χ2n) is 4.57. The van der Waals surface area contributed by atoms with Gasteiger partial charge in [0.15, 0.2) is 0 Å². The summed E-state index contributed by atoms with van der Waals surface area (Å²) in [5.74, 6) is -0.262. The Kier molecular flexibility index (Phi) is 2.95. The maximum absolute atomic E-state index is 12.9. The molecule has 2 aromatic carbocycles. The minimum atomic E-state index is -0.406. The van der Waals surface area contributed by atoms with Crippen molar-refractivity contribution in [3.8, 4) is 0 Å². The van der Waals surface area contributed by atoms with Crippen LogP contribution in [0.3, 0.4) is 0 Å². The van der Waals surface area contributed by atoms with Gasteiger partial charge in [0.1, 0.15) is 5.82 Å². The molecule has 0 bridgehead atoms. The van der Waals surface area contributed by atoms with Crippen LogP contribution in [0.25, 0.3) is 10.9 Å². The van der Waals surface area contributed by atoms with E-state index in [1.165, 1.54) is 18.2 Å². The summed E-state index contributed by atoms with van der Waals surface area (Å²) < 4.78 is 14.8. The molecule has 4 nitrogen and oxygen atoms in total. The predicted octanol–water partition coefficient (Wildman–Crippen LogP) is 3.74. The molecule has 0 aliphatic heterocycles. The number of halogens is 1. The highest BCUT2D eigenvalue weighted by Crippen LogP contribution is 2.22. The molecule has 1 aromatic heterocycles. The number of fused-ring (bicyclic) bond motifs is 1. The molecule has 1 heterocycles. The summed E-state index contributed by atoms with van der Waals surface area (Å²) in [6.45, 7) is 0.599. The Bertz CT molecular complexity index is 778. The lowest BCUT2D eigenvalue weighted by Gasteiger charge is -2.05. The van der Waals surface area contributed by atoms with Crippen LogP contribution in [0.5, 0.6) is 0 Å². The molecule has 0 atom stereocenters. The summed E-state index contributed by atoms with van der Waals surface area (Å²) in [6.07, 6.45) is 1.87. The van der Waals surface area contributed by atoms with Crippen LogP contribution in [-0.4, -0.2) is 9.49 Å². The van der Waals surface area contributed by atoms with Crippen molar-refractivity contribution in [2.75, 3.05) is 0 Å². The first kappa shape index (κ1) is 12.3. The number of non-ortho nitro benzene ring substituents is 1. The number of benzene rings is 2. The Balaban J connectivity index is 1.96. The second kappa shape index (κ2) is 4.77. The monoisotopic (exact) mass is 270 g/mol. The van der Waals surface area contributed by atoms with Crippen molar-refractivity contribution < 1.29 is 9.31 Å². The van der Waals surface area contributed by atoms with E-state index in [0.29, 0.717) is 6.54 Å². The number of nitrogens with zero attached hydrogens (tertiary/aromatic N) is 2. The average molecular weight is 270 g/mol. The molecule has 0 saturated heterocycles. The minimum Gasteiger partial charge on any atom is -0.343 e. The maximum Gasteiger partial charge on any atom is 0.270 e. The molecule has 20 heavy (non-hydrogen) atoms. The molecule has 0 amide bonds. The summed E-state index contributed by atoms with van der Waals surface area (Å²) >= 11 is 0. The van der Waals surface area contributed by atoms with Gasteiger partial charge in [-0.25, -0.2) is 4.39 Å². The zero-order valence-corrected chi connectivity index (χ0v) is 10.5. The van der Waals surface area contributed by atoms with E-state index in [-0.39, 0.29) is 11.5 Å². The van der Waals surface area contributed by atoms with Crippen LogP contribution in [-0.2, 0) is 6.54 Å². The van der Waals surface area contributed by atoms with Crippen molar-refractivity contribution in [2.45, 2.75) is 6.54 Å². The predicted molar refractivity (Wildman–Crippen MR) is 74.1 cm³/mol. The molecule has 0 aliphatic rings. The van der Waals surface area contributed by atoms with Gasteiger partial charge < -0.3 is 4.57 Å². The largest absolute Gasteiger partial charge is 0.343 e. The molecule has 0 aliphatic carbocycles. The van der Waals surface area contributed by atoms with Gasteiger partial charge in [-0.15, -0.1) is 0 Å². The number of rotatable bonds is 3. The van der Waals surface area contributed by atoms with Gasteiger partial charge in [0.05, 0.1) is 4.92 Å². The first-order valence-corrected chi connectivity index (χ1v) is 6.11. The summed E-state index contributed by atoms with van der Waals surface area (Å²) in [7, 11) is 0. The van der Waals surface area contributed by atoms with Crippen molar-refractivity contribution in [3.05, 3.63) is 76.2 Å². The highest BCUT2D eigenvalue weighted by atomic mass is 19.1. The third-order valence-corrected chi connectivity index (χ3v) is 3.23. The number of nitro groups is 1. The molecule has 0 unspecified atom stereocenters. The molecule has 5 heteroatoms. The Morgan fingerprint density at radius 3 is 2.55 bits per heavy atom. The highest BCUT2D eigenvalue weighted by Gasteiger charge is 2.08. The second-order valence-corrected chi connectivity index (χ2v) is 4.57. The first-order chi connectivity index (χ1) is 9.63. The van der Waals surface area contributed by atoms with Crippen molar-refractivity contribution in [2.24, 2.45) is 0 Å². The van der Waals surface area contributed by atoms with Crippen LogP contribution < -0.4 is 0 Å². The topological polar surface area (TPSA) is 48.1 Å². The SMILES string of the molecule is O=[N+]([O-])c1ccc2c(ccn2Cc2ccc(F)cc2)c1. The summed E-state index contributed by atoms with van der Waals surface area (Å²) in [6, 6.07) is 12.9. The Hall–Kier alpha value is -2.69. The third kappa shape index (κ3) is 2.25. The quantitative estimate of drug-likeness (QED) is 0.537. The highest BCUT2D eigenvalue weighted by molar-refractivity contribution is 5.82. The van der Waals surface area contributed by atoms with Crippen molar-refractivity contribution in [1.82, 2.24) is 4.57 Å². The fourth-order valence-corrected chi connectivity index (χ4v) is 2.23. The summed E-state index contributed by atoms with van der Waals surface area (Å²) in [5, 5.41) is 11.6. The maximum atomic E-state index is 12.9. The molecule has 3 rings (SSSR count). The Morgan fingerprint density at radius 2 is 1.85 bits per heavy atom. The van der Waals surface area contributed by atoms with E-state index in [4.69, 9.17) is 0 Å². The zero-order valence-electron chi connectivity index (χ0n) is 10.5. The molecular weight excluding hydrogens is 259 g/mol. The third-order valence-electron chi connectivity index (χ3n) is 3.23. The molecule has 0 radical (unpaired) electrons. The van der Waals surface area contributed by atoms with Crippen LogP contribution >= 0.6 is 0 Å². The lowest BCUT2D eigenvalue weighted by Crippen LogP contribution is -1.98. The fraction of sp³-hybridized carbons (Fsp3) is 0.0667. The van der Waals surface area contributed by atoms with E-state index >= 15 is 0 Å². The van der Waals surface area contributed by atoms with Crippen molar-refractivity contribution in [3.63, 3.8) is 0 Å². The number of nitro benzene ring substituents is 1. The lowest BCUT2D eigenvalue weighted by molar-refractivity contribution is -0.384. The van der Waals surface area contributed by atoms with E-state index in [1.54, 1.807) is 24.3 Å². The number of hydrogen-bond donors (Lipinski definition) is 0. The van der Waals surface area contributed by atoms with Gasteiger partial charge in [-0.05, 0) is 29.8 Å². The molecular formula is C15H11FN2O2.